The lowest BCUT2D eigenvalue weighted by molar-refractivity contribution is -0.137. The molecule has 0 radical (unpaired) electrons. The Morgan fingerprint density at radius 1 is 0.724 bits per heavy atom. The van der Waals surface area contributed by atoms with Crippen LogP contribution in [-0.2, 0) is 35.1 Å². The van der Waals surface area contributed by atoms with E-state index < -0.39 is 77.7 Å². The molecule has 0 heterocycles. The Morgan fingerprint density at radius 3 is 1.95 bits per heavy atom. The van der Waals surface area contributed by atoms with E-state index in [0.717, 1.165) is 0 Å². The van der Waals surface area contributed by atoms with Gasteiger partial charge in [-0.2, -0.15) is 0 Å². The maximum atomic E-state index is 13.9. The molecule has 9 N–H and O–H groups in total. The minimum Gasteiger partial charge on any atom is -0.481 e. The lowest BCUT2D eigenvalue weighted by Gasteiger charge is -2.29. The molecule has 0 aliphatic rings. The first-order chi connectivity index (χ1) is 27.5. The zero-order valence-electron chi connectivity index (χ0n) is 33.3. The number of ether oxygens (including phenoxy) is 1. The minimum absolute atomic E-state index is 0.0235. The molecule has 3 aromatic carbocycles. The van der Waals surface area contributed by atoms with Crippen LogP contribution >= 0.6 is 0 Å². The molecule has 0 aromatic heterocycles. The first-order valence-electron chi connectivity index (χ1n) is 19.1. The Hall–Kier alpha value is -6.13. The highest BCUT2D eigenvalue weighted by atomic mass is 16.5. The zero-order chi connectivity index (χ0) is 42.9. The predicted octanol–water partition coefficient (Wildman–Crippen LogP) is 3.01. The van der Waals surface area contributed by atoms with E-state index in [2.05, 4.69) is 26.6 Å². The van der Waals surface area contributed by atoms with E-state index >= 15 is 0 Å². The summed E-state index contributed by atoms with van der Waals surface area (Å²) < 4.78 is 5.02. The largest absolute Gasteiger partial charge is 0.481 e. The number of nitrogens with one attached hydrogen (secondary N) is 5. The van der Waals surface area contributed by atoms with E-state index in [0.29, 0.717) is 11.3 Å². The number of aliphatic hydroxyl groups is 1. The second kappa shape index (κ2) is 22.6. The monoisotopic (exact) mass is 802 g/mol. The van der Waals surface area contributed by atoms with E-state index in [1.807, 2.05) is 13.8 Å². The molecule has 0 saturated carbocycles. The number of aliphatic hydroxyl groups excluding tert-OH is 1. The molecule has 0 aliphatic heterocycles. The van der Waals surface area contributed by atoms with Crippen molar-refractivity contribution in [1.29, 1.82) is 0 Å². The molecule has 0 aliphatic carbocycles. The van der Waals surface area contributed by atoms with Gasteiger partial charge in [0.1, 0.15) is 12.1 Å². The van der Waals surface area contributed by atoms with Crippen LogP contribution in [0.25, 0.3) is 0 Å². The molecule has 0 bridgehead atoms. The Balaban J connectivity index is 1.78. The van der Waals surface area contributed by atoms with Crippen molar-refractivity contribution in [3.63, 3.8) is 0 Å². The summed E-state index contributed by atoms with van der Waals surface area (Å²) in [5.74, 6) is -5.70. The van der Waals surface area contributed by atoms with Gasteiger partial charge in [0.25, 0.3) is 11.8 Å². The van der Waals surface area contributed by atoms with Gasteiger partial charge >= 0.3 is 11.9 Å². The summed E-state index contributed by atoms with van der Waals surface area (Å²) in [6.07, 6.45) is -2.10. The first kappa shape index (κ1) is 46.3. The van der Waals surface area contributed by atoms with E-state index in [1.165, 1.54) is 30.3 Å². The second-order valence-corrected chi connectivity index (χ2v) is 14.5. The smallest absolute Gasteiger partial charge is 0.338 e. The van der Waals surface area contributed by atoms with Crippen molar-refractivity contribution in [2.24, 2.45) is 17.6 Å². The molecule has 0 unspecified atom stereocenters. The van der Waals surface area contributed by atoms with Crippen LogP contribution in [-0.4, -0.2) is 88.6 Å². The molecule has 5 atom stereocenters. The van der Waals surface area contributed by atoms with Crippen molar-refractivity contribution in [3.05, 3.63) is 95.6 Å². The highest BCUT2D eigenvalue weighted by Gasteiger charge is 2.34. The van der Waals surface area contributed by atoms with E-state index in [9.17, 15) is 38.7 Å². The Morgan fingerprint density at radius 2 is 1.34 bits per heavy atom. The molecule has 3 rings (SSSR count). The Bertz CT molecular complexity index is 1900. The number of esters is 1. The maximum absolute atomic E-state index is 13.9. The van der Waals surface area contributed by atoms with Crippen LogP contribution < -0.4 is 32.3 Å². The molecule has 312 valence electrons. The molecule has 16 heteroatoms. The van der Waals surface area contributed by atoms with Crippen molar-refractivity contribution in [1.82, 2.24) is 16.0 Å². The number of carbonyl (C=O) groups excluding carboxylic acids is 6. The third kappa shape index (κ3) is 14.7. The number of hydrogen-bond acceptors (Lipinski definition) is 10. The summed E-state index contributed by atoms with van der Waals surface area (Å²) in [7, 11) is 0. The highest BCUT2D eigenvalue weighted by molar-refractivity contribution is 6.06. The average Bonchev–Trinajstić information content (AvgIpc) is 3.18. The fourth-order valence-electron chi connectivity index (χ4n) is 5.84. The topological polar surface area (TPSA) is 255 Å². The summed E-state index contributed by atoms with van der Waals surface area (Å²) in [6.45, 7) is 8.93. The number of benzene rings is 3. The van der Waals surface area contributed by atoms with Gasteiger partial charge in [-0.05, 0) is 80.0 Å². The van der Waals surface area contributed by atoms with Crippen molar-refractivity contribution in [2.75, 3.05) is 17.2 Å². The van der Waals surface area contributed by atoms with Crippen molar-refractivity contribution in [3.8, 4) is 0 Å². The van der Waals surface area contributed by atoms with Crippen LogP contribution in [0.15, 0.2) is 78.9 Å². The fraction of sp³-hybridized carbons (Fsp3) is 0.405. The van der Waals surface area contributed by atoms with Crippen molar-refractivity contribution in [2.45, 2.75) is 90.6 Å². The van der Waals surface area contributed by atoms with E-state index in [1.54, 1.807) is 69.3 Å². The number of nitrogens with two attached hydrogens (primary N) is 1. The first-order valence-corrected chi connectivity index (χ1v) is 19.1. The number of rotatable bonds is 21. The Kier molecular flexibility index (Phi) is 18.0. The predicted molar refractivity (Wildman–Crippen MR) is 217 cm³/mol. The number of carboxylic acids is 1. The summed E-state index contributed by atoms with van der Waals surface area (Å²) in [4.78, 5) is 90.1. The summed E-state index contributed by atoms with van der Waals surface area (Å²) in [5, 5.41) is 33.7. The molecule has 0 fully saturated rings. The molecule has 58 heavy (non-hydrogen) atoms. The molecule has 0 spiro atoms. The lowest BCUT2D eigenvalue weighted by Crippen LogP contribution is -2.59. The number of hydrogen-bond donors (Lipinski definition) is 8. The van der Waals surface area contributed by atoms with Crippen LogP contribution in [0.5, 0.6) is 0 Å². The molecular weight excluding hydrogens is 748 g/mol. The van der Waals surface area contributed by atoms with E-state index in [4.69, 9.17) is 15.6 Å². The summed E-state index contributed by atoms with van der Waals surface area (Å²) in [6, 6.07) is 16.4. The normalized spacial score (nSPS) is 13.6. The number of aliphatic carboxylic acids is 1. The summed E-state index contributed by atoms with van der Waals surface area (Å²) >= 11 is 0. The van der Waals surface area contributed by atoms with Gasteiger partial charge < -0.3 is 47.3 Å². The molecular formula is C42H54N6O10. The van der Waals surface area contributed by atoms with Gasteiger partial charge in [0, 0.05) is 23.4 Å². The van der Waals surface area contributed by atoms with Gasteiger partial charge in [-0.1, -0.05) is 70.2 Å². The van der Waals surface area contributed by atoms with Crippen LogP contribution in [0.4, 0.5) is 11.4 Å². The van der Waals surface area contributed by atoms with E-state index in [-0.39, 0.29) is 55.0 Å². The quantitative estimate of drug-likeness (QED) is 0.0727. The number of carbonyl (C=O) groups is 7. The molecule has 0 saturated heterocycles. The van der Waals surface area contributed by atoms with Crippen molar-refractivity contribution < 1.29 is 48.5 Å². The lowest BCUT2D eigenvalue weighted by atomic mass is 9.97. The molecule has 16 nitrogen and oxygen atoms in total. The Labute approximate surface area is 337 Å². The second-order valence-electron chi connectivity index (χ2n) is 14.5. The number of anilines is 2. The van der Waals surface area contributed by atoms with Gasteiger partial charge in [-0.25, -0.2) is 4.79 Å². The SMILES string of the molecule is CCOC(=O)c1cccc(NC(=O)c2cccc(NC(=O)[C@H](O)[C@H](Cc3ccccc3)NC(=O)[C@H](CC(C)C)NC(=O)[C@@H](NC(=O)[C@@H](N)CCC(=O)O)C(C)C)c2)c1. The third-order valence-corrected chi connectivity index (χ3v) is 8.89. The maximum Gasteiger partial charge on any atom is 0.338 e. The fourth-order valence-corrected chi connectivity index (χ4v) is 5.84. The van der Waals surface area contributed by atoms with Gasteiger partial charge in [0.2, 0.25) is 17.7 Å². The standard InChI is InChI=1S/C42H54N6O10/c1-6-58-42(57)28-15-11-17-30(23-28)44-37(52)27-14-10-16-29(22-27)45-41(56)36(51)32(21-26-12-8-7-9-13-26)46-39(54)33(20-24(2)3)47-40(55)35(25(4)5)48-38(53)31(43)18-19-34(49)50/h7-17,22-25,31-33,35-36,51H,6,18-21,43H2,1-5H3,(H,44,52)(H,45,56)(H,46,54)(H,47,55)(H,48,53)(H,49,50)/t31-,32-,33-,35-,36+/m0/s1. The number of amides is 5. The minimum atomic E-state index is -1.81. The zero-order valence-corrected chi connectivity index (χ0v) is 33.3. The van der Waals surface area contributed by atoms with Gasteiger partial charge in [-0.15, -0.1) is 0 Å². The van der Waals surface area contributed by atoms with Crippen LogP contribution in [0.1, 0.15) is 80.2 Å². The van der Waals surface area contributed by atoms with Gasteiger partial charge in [0.05, 0.1) is 24.3 Å². The van der Waals surface area contributed by atoms with Crippen molar-refractivity contribution >= 4 is 52.8 Å². The summed E-state index contributed by atoms with van der Waals surface area (Å²) in [5.41, 5.74) is 7.48. The molecule has 3 aromatic rings. The van der Waals surface area contributed by atoms with Crippen LogP contribution in [0.2, 0.25) is 0 Å². The molecule has 5 amide bonds. The number of carboxylic acid groups (broad SMARTS) is 1. The van der Waals surface area contributed by atoms with Crippen LogP contribution in [0.3, 0.4) is 0 Å². The van der Waals surface area contributed by atoms with Gasteiger partial charge in [0.15, 0.2) is 6.10 Å². The van der Waals surface area contributed by atoms with Crippen LogP contribution in [0, 0.1) is 11.8 Å². The highest BCUT2D eigenvalue weighted by Crippen LogP contribution is 2.18. The van der Waals surface area contributed by atoms with Gasteiger partial charge in [-0.3, -0.25) is 28.8 Å². The average molecular weight is 803 g/mol. The third-order valence-electron chi connectivity index (χ3n) is 8.89.